The van der Waals surface area contributed by atoms with Gasteiger partial charge in [-0.25, -0.2) is 4.98 Å². The van der Waals surface area contributed by atoms with Crippen molar-refractivity contribution in [1.29, 1.82) is 0 Å². The summed E-state index contributed by atoms with van der Waals surface area (Å²) in [6.07, 6.45) is 3.07. The van der Waals surface area contributed by atoms with Gasteiger partial charge in [-0.05, 0) is 38.5 Å². The van der Waals surface area contributed by atoms with Crippen molar-refractivity contribution in [3.63, 3.8) is 0 Å². The number of anilines is 2. The maximum absolute atomic E-state index is 14.6. The Kier molecular flexibility index (Phi) is 4.68. The number of hydrogen-bond donors (Lipinski definition) is 0. The number of carbonyl (C=O) groups excluding carboxylic acids is 1. The van der Waals surface area contributed by atoms with E-state index in [1.807, 2.05) is 4.90 Å². The third-order valence-electron chi connectivity index (χ3n) is 6.08. The van der Waals surface area contributed by atoms with Crippen molar-refractivity contribution in [3.05, 3.63) is 11.3 Å². The molecular formula is C19H26F2N4O2. The molecule has 0 saturated carbocycles. The second-order valence-electron chi connectivity index (χ2n) is 7.94. The lowest BCUT2D eigenvalue weighted by molar-refractivity contribution is -0.141. The Hall–Kier alpha value is -1.99. The molecule has 27 heavy (non-hydrogen) atoms. The molecule has 3 heterocycles. The van der Waals surface area contributed by atoms with Crippen molar-refractivity contribution in [3.8, 4) is 0 Å². The number of fused-ring (bicyclic) bond motifs is 1. The number of halogens is 2. The van der Waals surface area contributed by atoms with Crippen molar-refractivity contribution in [1.82, 2.24) is 9.97 Å². The van der Waals surface area contributed by atoms with E-state index < -0.39 is 5.92 Å². The largest absolute Gasteiger partial charge is 0.469 e. The number of aromatic nitrogens is 2. The first-order valence-electron chi connectivity index (χ1n) is 9.76. The normalized spacial score (nSPS) is 26.5. The van der Waals surface area contributed by atoms with Crippen LogP contribution in [0, 0.1) is 5.92 Å². The van der Waals surface area contributed by atoms with Crippen LogP contribution in [0.25, 0.3) is 0 Å². The SMILES string of the molecule is COC(=O)CC1CCN(c2nc(N3CC[C@@H]3C)nc3c2CCCC3(F)F)C1. The lowest BCUT2D eigenvalue weighted by atomic mass is 9.92. The van der Waals surface area contributed by atoms with Gasteiger partial charge in [-0.1, -0.05) is 0 Å². The molecule has 1 aliphatic carbocycles. The van der Waals surface area contributed by atoms with Crippen LogP contribution in [0.4, 0.5) is 20.5 Å². The molecule has 2 fully saturated rings. The van der Waals surface area contributed by atoms with Crippen LogP contribution in [-0.2, 0) is 21.9 Å². The summed E-state index contributed by atoms with van der Waals surface area (Å²) in [6.45, 7) is 4.22. The molecule has 0 spiro atoms. The summed E-state index contributed by atoms with van der Waals surface area (Å²) in [5.74, 6) is -1.91. The molecule has 1 unspecified atom stereocenters. The number of esters is 1. The molecule has 148 valence electrons. The Morgan fingerprint density at radius 1 is 1.30 bits per heavy atom. The molecule has 1 aromatic heterocycles. The van der Waals surface area contributed by atoms with E-state index in [0.717, 1.165) is 19.4 Å². The number of nitrogens with zero attached hydrogens (tertiary/aromatic N) is 4. The molecule has 4 rings (SSSR count). The minimum absolute atomic E-state index is 0.0933. The molecule has 0 bridgehead atoms. The second-order valence-corrected chi connectivity index (χ2v) is 7.94. The predicted molar refractivity (Wildman–Crippen MR) is 97.2 cm³/mol. The van der Waals surface area contributed by atoms with Crippen LogP contribution < -0.4 is 9.80 Å². The minimum Gasteiger partial charge on any atom is -0.469 e. The van der Waals surface area contributed by atoms with Crippen molar-refractivity contribution < 1.29 is 18.3 Å². The van der Waals surface area contributed by atoms with E-state index >= 15 is 0 Å². The summed E-state index contributed by atoms with van der Waals surface area (Å²) in [4.78, 5) is 24.7. The maximum atomic E-state index is 14.6. The Morgan fingerprint density at radius 2 is 2.11 bits per heavy atom. The first-order valence-corrected chi connectivity index (χ1v) is 9.76. The Balaban J connectivity index is 1.67. The van der Waals surface area contributed by atoms with Crippen molar-refractivity contribution in [2.75, 3.05) is 36.5 Å². The first-order chi connectivity index (χ1) is 12.9. The fourth-order valence-corrected chi connectivity index (χ4v) is 4.31. The highest BCUT2D eigenvalue weighted by atomic mass is 19.3. The van der Waals surface area contributed by atoms with Crippen LogP contribution in [0.3, 0.4) is 0 Å². The standard InChI is InChI=1S/C19H26F2N4O2/c1-12-5-9-25(12)18-22-16-14(4-3-7-19(16,20)21)17(23-18)24-8-6-13(11-24)10-15(26)27-2/h12-13H,3-11H2,1-2H3/t12-,13?/m0/s1. The van der Waals surface area contributed by atoms with Crippen LogP contribution >= 0.6 is 0 Å². The van der Waals surface area contributed by atoms with E-state index in [4.69, 9.17) is 9.72 Å². The van der Waals surface area contributed by atoms with Gasteiger partial charge in [-0.2, -0.15) is 13.8 Å². The van der Waals surface area contributed by atoms with Crippen LogP contribution in [0.5, 0.6) is 0 Å². The monoisotopic (exact) mass is 380 g/mol. The molecule has 2 saturated heterocycles. The summed E-state index contributed by atoms with van der Waals surface area (Å²) in [5, 5.41) is 0. The number of ether oxygens (including phenoxy) is 1. The molecule has 0 amide bonds. The van der Waals surface area contributed by atoms with E-state index in [1.54, 1.807) is 0 Å². The fraction of sp³-hybridized carbons (Fsp3) is 0.737. The molecule has 6 nitrogen and oxygen atoms in total. The minimum atomic E-state index is -2.90. The van der Waals surface area contributed by atoms with Gasteiger partial charge < -0.3 is 14.5 Å². The predicted octanol–water partition coefficient (Wildman–Crippen LogP) is 2.89. The van der Waals surface area contributed by atoms with Gasteiger partial charge in [0.2, 0.25) is 5.95 Å². The summed E-state index contributed by atoms with van der Waals surface area (Å²) in [7, 11) is 1.39. The highest BCUT2D eigenvalue weighted by Crippen LogP contribution is 2.44. The third-order valence-corrected chi connectivity index (χ3v) is 6.08. The molecule has 1 aromatic rings. The average Bonchev–Trinajstić information content (AvgIpc) is 3.08. The number of rotatable bonds is 4. The van der Waals surface area contributed by atoms with Gasteiger partial charge in [0.25, 0.3) is 5.92 Å². The summed E-state index contributed by atoms with van der Waals surface area (Å²) in [6, 6.07) is 0.277. The zero-order chi connectivity index (χ0) is 19.2. The molecular weight excluding hydrogens is 354 g/mol. The Labute approximate surface area is 157 Å². The van der Waals surface area contributed by atoms with Crippen LogP contribution in [-0.4, -0.2) is 48.7 Å². The average molecular weight is 380 g/mol. The lowest BCUT2D eigenvalue weighted by Gasteiger charge is -2.40. The molecule has 8 heteroatoms. The van der Waals surface area contributed by atoms with Gasteiger partial charge in [-0.15, -0.1) is 0 Å². The number of methoxy groups -OCH3 is 1. The molecule has 0 N–H and O–H groups in total. The van der Waals surface area contributed by atoms with E-state index in [-0.39, 0.29) is 30.0 Å². The second kappa shape index (κ2) is 6.87. The zero-order valence-electron chi connectivity index (χ0n) is 15.9. The highest BCUT2D eigenvalue weighted by molar-refractivity contribution is 5.69. The van der Waals surface area contributed by atoms with Crippen molar-refractivity contribution in [2.45, 2.75) is 57.4 Å². The van der Waals surface area contributed by atoms with Crippen LogP contribution in [0.2, 0.25) is 0 Å². The number of carbonyl (C=O) groups is 1. The third kappa shape index (κ3) is 3.34. The van der Waals surface area contributed by atoms with Gasteiger partial charge in [0.05, 0.1) is 13.5 Å². The van der Waals surface area contributed by atoms with Gasteiger partial charge in [-0.3, -0.25) is 4.79 Å². The summed E-state index contributed by atoms with van der Waals surface area (Å²) < 4.78 is 34.0. The molecule has 3 aliphatic rings. The quantitative estimate of drug-likeness (QED) is 0.749. The molecule has 2 aliphatic heterocycles. The smallest absolute Gasteiger partial charge is 0.305 e. The van der Waals surface area contributed by atoms with Gasteiger partial charge in [0, 0.05) is 37.7 Å². The fourth-order valence-electron chi connectivity index (χ4n) is 4.31. The first kappa shape index (κ1) is 18.4. The lowest BCUT2D eigenvalue weighted by Crippen LogP contribution is -2.47. The summed E-state index contributed by atoms with van der Waals surface area (Å²) >= 11 is 0. The van der Waals surface area contributed by atoms with E-state index in [9.17, 15) is 13.6 Å². The van der Waals surface area contributed by atoms with E-state index in [1.165, 1.54) is 7.11 Å². The van der Waals surface area contributed by atoms with Gasteiger partial charge in [0.1, 0.15) is 11.5 Å². The van der Waals surface area contributed by atoms with Gasteiger partial charge >= 0.3 is 5.97 Å². The van der Waals surface area contributed by atoms with Gasteiger partial charge in [0.15, 0.2) is 0 Å². The van der Waals surface area contributed by atoms with Crippen LogP contribution in [0.1, 0.15) is 50.3 Å². The molecule has 2 atom stereocenters. The number of alkyl halides is 2. The number of hydrogen-bond acceptors (Lipinski definition) is 6. The molecule has 0 radical (unpaired) electrons. The maximum Gasteiger partial charge on any atom is 0.305 e. The Morgan fingerprint density at radius 3 is 2.78 bits per heavy atom. The van der Waals surface area contributed by atoms with Crippen LogP contribution in [0.15, 0.2) is 0 Å². The topological polar surface area (TPSA) is 58.6 Å². The van der Waals surface area contributed by atoms with Crippen molar-refractivity contribution in [2.24, 2.45) is 5.92 Å². The zero-order valence-corrected chi connectivity index (χ0v) is 15.9. The molecule has 0 aromatic carbocycles. The Bertz CT molecular complexity index is 743. The van der Waals surface area contributed by atoms with Crippen molar-refractivity contribution >= 4 is 17.7 Å². The van der Waals surface area contributed by atoms with E-state index in [2.05, 4.69) is 16.8 Å². The highest BCUT2D eigenvalue weighted by Gasteiger charge is 2.42. The summed E-state index contributed by atoms with van der Waals surface area (Å²) in [5.41, 5.74) is 0.492. The van der Waals surface area contributed by atoms with E-state index in [0.29, 0.717) is 49.7 Å².